The number of nitrogens with zero attached hydrogens (tertiary/aromatic N) is 4. The Balaban J connectivity index is 1.16. The lowest BCUT2D eigenvalue weighted by Crippen LogP contribution is -2.48. The molecule has 1 atom stereocenters. The van der Waals surface area contributed by atoms with Gasteiger partial charge in [0.2, 0.25) is 0 Å². The third-order valence-corrected chi connectivity index (χ3v) is 9.60. The van der Waals surface area contributed by atoms with E-state index in [1.165, 1.54) is 5.56 Å². The van der Waals surface area contributed by atoms with E-state index in [4.69, 9.17) is 15.6 Å². The number of rotatable bonds is 9. The van der Waals surface area contributed by atoms with E-state index in [1.54, 1.807) is 9.58 Å². The SMILES string of the molecule is NC[C@@H]1Cc2ccccc2CN1C(=O)c1ccccc1-n1nc(C(=O)N(c2ccccc2)c2ccc(OCc3ccccc3)cc2)c2ccccc21. The van der Waals surface area contributed by atoms with Crippen molar-refractivity contribution in [3.8, 4) is 11.4 Å². The van der Waals surface area contributed by atoms with Crippen molar-refractivity contribution in [2.45, 2.75) is 25.6 Å². The number of benzene rings is 6. The number of hydrogen-bond donors (Lipinski definition) is 1. The van der Waals surface area contributed by atoms with Gasteiger partial charge in [0, 0.05) is 35.9 Å². The third kappa shape index (κ3) is 6.32. The Bertz CT molecular complexity index is 2360. The number of para-hydroxylation sites is 3. The Morgan fingerprint density at radius 3 is 2.12 bits per heavy atom. The van der Waals surface area contributed by atoms with Crippen LogP contribution in [-0.4, -0.2) is 39.1 Å². The number of hydrogen-bond acceptors (Lipinski definition) is 5. The Morgan fingerprint density at radius 2 is 1.35 bits per heavy atom. The van der Waals surface area contributed by atoms with E-state index in [-0.39, 0.29) is 23.6 Å². The lowest BCUT2D eigenvalue weighted by molar-refractivity contribution is 0.0647. The Hall–Kier alpha value is -6.51. The molecule has 2 heterocycles. The molecule has 8 heteroatoms. The number of amides is 2. The van der Waals surface area contributed by atoms with Gasteiger partial charge in [-0.3, -0.25) is 14.5 Å². The van der Waals surface area contributed by atoms with Gasteiger partial charge in [-0.2, -0.15) is 5.10 Å². The molecule has 8 rings (SSSR count). The van der Waals surface area contributed by atoms with Crippen LogP contribution in [0.5, 0.6) is 5.75 Å². The van der Waals surface area contributed by atoms with Gasteiger partial charge < -0.3 is 15.4 Å². The summed E-state index contributed by atoms with van der Waals surface area (Å²) in [5.74, 6) is 0.255. The highest BCUT2D eigenvalue weighted by atomic mass is 16.5. The van der Waals surface area contributed by atoms with Crippen LogP contribution in [0.1, 0.15) is 37.5 Å². The number of carbonyl (C=O) groups excluding carboxylic acids is 2. The molecule has 8 nitrogen and oxygen atoms in total. The summed E-state index contributed by atoms with van der Waals surface area (Å²) in [4.78, 5) is 32.7. The largest absolute Gasteiger partial charge is 0.489 e. The zero-order valence-electron chi connectivity index (χ0n) is 28.5. The van der Waals surface area contributed by atoms with E-state index < -0.39 is 0 Å². The smallest absolute Gasteiger partial charge is 0.283 e. The summed E-state index contributed by atoms with van der Waals surface area (Å²) in [5.41, 5.74) is 13.0. The molecule has 1 aromatic heterocycles. The van der Waals surface area contributed by atoms with Crippen LogP contribution < -0.4 is 15.4 Å². The van der Waals surface area contributed by atoms with Crippen LogP contribution in [0.15, 0.2) is 158 Å². The molecule has 52 heavy (non-hydrogen) atoms. The first kappa shape index (κ1) is 32.7. The number of anilines is 2. The van der Waals surface area contributed by atoms with Crippen LogP contribution in [0.25, 0.3) is 16.6 Å². The summed E-state index contributed by atoms with van der Waals surface area (Å²) >= 11 is 0. The molecule has 0 bridgehead atoms. The molecular weight excluding hydrogens is 647 g/mol. The predicted molar refractivity (Wildman–Crippen MR) is 204 cm³/mol. The summed E-state index contributed by atoms with van der Waals surface area (Å²) in [5, 5.41) is 5.65. The minimum absolute atomic E-state index is 0.131. The standard InChI is InChI=1S/C44H37N5O3/c45-28-36-27-32-15-7-8-16-33(32)29-47(36)43(50)39-20-10-12-22-41(39)49-40-21-11-9-19-38(40)42(46-49)44(51)48(34-17-5-2-6-18-34)35-23-25-37(26-24-35)52-30-31-13-3-1-4-14-31/h1-26,36H,27-30,45H2/t36-/m0/s1. The maximum atomic E-state index is 14.8. The highest BCUT2D eigenvalue weighted by molar-refractivity contribution is 6.16. The number of fused-ring (bicyclic) bond motifs is 2. The first-order chi connectivity index (χ1) is 25.6. The molecule has 0 saturated heterocycles. The van der Waals surface area contributed by atoms with Crippen LogP contribution in [-0.2, 0) is 19.6 Å². The quantitative estimate of drug-likeness (QED) is 0.166. The Labute approximate surface area is 302 Å². The van der Waals surface area contributed by atoms with Gasteiger partial charge in [0.1, 0.15) is 12.4 Å². The fraction of sp³-hybridized carbons (Fsp3) is 0.114. The maximum absolute atomic E-state index is 14.8. The summed E-state index contributed by atoms with van der Waals surface area (Å²) in [6.07, 6.45) is 0.694. The monoisotopic (exact) mass is 683 g/mol. The number of nitrogens with two attached hydrogens (primary N) is 1. The summed E-state index contributed by atoms with van der Waals surface area (Å²) in [6.45, 7) is 1.25. The summed E-state index contributed by atoms with van der Waals surface area (Å²) < 4.78 is 7.75. The van der Waals surface area contributed by atoms with Crippen LogP contribution in [0.3, 0.4) is 0 Å². The highest BCUT2D eigenvalue weighted by Crippen LogP contribution is 2.33. The Morgan fingerprint density at radius 1 is 0.712 bits per heavy atom. The molecule has 0 fully saturated rings. The molecule has 0 aliphatic carbocycles. The van der Waals surface area contributed by atoms with Crippen LogP contribution in [0.4, 0.5) is 11.4 Å². The second-order valence-electron chi connectivity index (χ2n) is 12.8. The second-order valence-corrected chi connectivity index (χ2v) is 12.8. The summed E-state index contributed by atoms with van der Waals surface area (Å²) in [7, 11) is 0. The first-order valence-corrected chi connectivity index (χ1v) is 17.4. The average Bonchev–Trinajstić information content (AvgIpc) is 3.60. The number of aromatic nitrogens is 2. The molecule has 6 aromatic carbocycles. The van der Waals surface area contributed by atoms with E-state index in [0.717, 1.165) is 11.1 Å². The molecule has 0 saturated carbocycles. The van der Waals surface area contributed by atoms with Gasteiger partial charge in [0.05, 0.1) is 16.8 Å². The minimum atomic E-state index is -0.307. The summed E-state index contributed by atoms with van der Waals surface area (Å²) in [6, 6.07) is 50.1. The molecule has 2 N–H and O–H groups in total. The fourth-order valence-corrected chi connectivity index (χ4v) is 6.94. The zero-order chi connectivity index (χ0) is 35.4. The topological polar surface area (TPSA) is 93.7 Å². The van der Waals surface area contributed by atoms with Crippen molar-refractivity contribution in [1.82, 2.24) is 14.7 Å². The molecule has 0 unspecified atom stereocenters. The maximum Gasteiger partial charge on any atom is 0.283 e. The van der Waals surface area contributed by atoms with Crippen molar-refractivity contribution in [1.29, 1.82) is 0 Å². The normalized spacial score (nSPS) is 13.8. The molecule has 1 aliphatic rings. The molecule has 256 valence electrons. The van der Waals surface area contributed by atoms with E-state index in [0.29, 0.717) is 65.4 Å². The van der Waals surface area contributed by atoms with Crippen LogP contribution in [0, 0.1) is 0 Å². The van der Waals surface area contributed by atoms with Gasteiger partial charge in [-0.05, 0) is 77.7 Å². The van der Waals surface area contributed by atoms with Crippen molar-refractivity contribution in [3.05, 3.63) is 186 Å². The van der Waals surface area contributed by atoms with Crippen molar-refractivity contribution in [3.63, 3.8) is 0 Å². The lowest BCUT2D eigenvalue weighted by Gasteiger charge is -2.36. The van der Waals surface area contributed by atoms with E-state index in [9.17, 15) is 9.59 Å². The average molecular weight is 684 g/mol. The number of ether oxygens (including phenoxy) is 1. The van der Waals surface area contributed by atoms with E-state index in [2.05, 4.69) is 12.1 Å². The van der Waals surface area contributed by atoms with Crippen molar-refractivity contribution in [2.75, 3.05) is 11.4 Å². The molecule has 0 spiro atoms. The molecule has 2 amide bonds. The number of carbonyl (C=O) groups is 2. The van der Waals surface area contributed by atoms with Crippen LogP contribution in [0.2, 0.25) is 0 Å². The van der Waals surface area contributed by atoms with Crippen molar-refractivity contribution in [2.24, 2.45) is 5.73 Å². The minimum Gasteiger partial charge on any atom is -0.489 e. The molecule has 0 radical (unpaired) electrons. The van der Waals surface area contributed by atoms with Gasteiger partial charge in [0.15, 0.2) is 5.69 Å². The van der Waals surface area contributed by atoms with Gasteiger partial charge in [-0.25, -0.2) is 4.68 Å². The van der Waals surface area contributed by atoms with Gasteiger partial charge in [0.25, 0.3) is 11.8 Å². The third-order valence-electron chi connectivity index (χ3n) is 9.60. The lowest BCUT2D eigenvalue weighted by atomic mass is 9.93. The second kappa shape index (κ2) is 14.4. The van der Waals surface area contributed by atoms with Crippen molar-refractivity contribution >= 4 is 34.1 Å². The molecule has 7 aromatic rings. The Kier molecular flexibility index (Phi) is 9.04. The van der Waals surface area contributed by atoms with Gasteiger partial charge in [-0.15, -0.1) is 0 Å². The molecule has 1 aliphatic heterocycles. The van der Waals surface area contributed by atoms with Crippen LogP contribution >= 0.6 is 0 Å². The molecular formula is C44H37N5O3. The van der Waals surface area contributed by atoms with E-state index in [1.807, 2.05) is 150 Å². The van der Waals surface area contributed by atoms with Crippen molar-refractivity contribution < 1.29 is 14.3 Å². The van der Waals surface area contributed by atoms with E-state index >= 15 is 0 Å². The van der Waals surface area contributed by atoms with Gasteiger partial charge >= 0.3 is 0 Å². The fourth-order valence-electron chi connectivity index (χ4n) is 6.94. The predicted octanol–water partition coefficient (Wildman–Crippen LogP) is 8.11. The highest BCUT2D eigenvalue weighted by Gasteiger charge is 2.32. The van der Waals surface area contributed by atoms with Gasteiger partial charge in [-0.1, -0.05) is 103 Å². The first-order valence-electron chi connectivity index (χ1n) is 17.4. The zero-order valence-corrected chi connectivity index (χ0v) is 28.5.